The van der Waals surface area contributed by atoms with Crippen molar-refractivity contribution in [1.29, 1.82) is 0 Å². The van der Waals surface area contributed by atoms with Crippen LogP contribution in [0.5, 0.6) is 0 Å². The fourth-order valence-corrected chi connectivity index (χ4v) is 3.84. The molecule has 0 bridgehead atoms. The quantitative estimate of drug-likeness (QED) is 0.744. The maximum atomic E-state index is 12.8. The van der Waals surface area contributed by atoms with Crippen LogP contribution in [0.3, 0.4) is 0 Å². The van der Waals surface area contributed by atoms with Gasteiger partial charge in [0.05, 0.1) is 5.41 Å². The number of allylic oxidation sites excluding steroid dienone is 1. The number of rotatable bonds is 1. The van der Waals surface area contributed by atoms with E-state index in [0.717, 1.165) is 25.0 Å². The average Bonchev–Trinajstić information content (AvgIpc) is 2.51. The lowest BCUT2D eigenvalue weighted by Crippen LogP contribution is -2.57. The maximum absolute atomic E-state index is 12.8. The molecule has 110 valence electrons. The third-order valence-corrected chi connectivity index (χ3v) is 5.27. The lowest BCUT2D eigenvalue weighted by molar-refractivity contribution is -0.137. The van der Waals surface area contributed by atoms with Gasteiger partial charge in [-0.15, -0.1) is 0 Å². The largest absolute Gasteiger partial charge is 0.324 e. The number of amides is 1. The highest BCUT2D eigenvalue weighted by Gasteiger charge is 2.49. The summed E-state index contributed by atoms with van der Waals surface area (Å²) in [5.41, 5.74) is 3.09. The molecule has 1 unspecified atom stereocenters. The number of hydrogen-bond donors (Lipinski definition) is 0. The van der Waals surface area contributed by atoms with Crippen LogP contribution >= 0.6 is 12.2 Å². The summed E-state index contributed by atoms with van der Waals surface area (Å²) in [6, 6.07) is 10.3. The molecule has 1 aliphatic heterocycles. The van der Waals surface area contributed by atoms with Gasteiger partial charge in [-0.3, -0.25) is 9.69 Å². The first kappa shape index (κ1) is 14.3. The van der Waals surface area contributed by atoms with E-state index in [1.807, 2.05) is 30.1 Å². The smallest absolute Gasteiger partial charge is 0.240 e. The van der Waals surface area contributed by atoms with Crippen LogP contribution in [0, 0.1) is 5.41 Å². The first-order chi connectivity index (χ1) is 9.97. The number of carbonyl (C=O) groups is 1. The molecule has 1 amide bonds. The summed E-state index contributed by atoms with van der Waals surface area (Å²) in [6.07, 6.45) is 2.91. The van der Waals surface area contributed by atoms with Crippen molar-refractivity contribution >= 4 is 28.8 Å². The van der Waals surface area contributed by atoms with E-state index in [4.69, 9.17) is 12.2 Å². The molecular formula is C17H20N2OS. The van der Waals surface area contributed by atoms with E-state index < -0.39 is 5.41 Å². The number of nitrogens with zero attached hydrogens (tertiary/aromatic N) is 2. The number of thiocarbonyl (C=S) groups is 1. The normalized spacial score (nSPS) is 26.2. The van der Waals surface area contributed by atoms with Crippen molar-refractivity contribution in [2.24, 2.45) is 5.41 Å². The standard InChI is InChI=1S/C17H20N2OS/c1-17-11-7-10-13(12-8-5-4-6-9-12)14(17)18(2)16(21)19(3)15(17)20/h4-6,8-9H,7,10-11H2,1-3H3. The van der Waals surface area contributed by atoms with E-state index in [0.29, 0.717) is 5.11 Å². The molecule has 1 aromatic carbocycles. The van der Waals surface area contributed by atoms with Gasteiger partial charge in [0.15, 0.2) is 5.11 Å². The number of hydrogen-bond acceptors (Lipinski definition) is 2. The highest BCUT2D eigenvalue weighted by molar-refractivity contribution is 7.80. The Bertz CT molecular complexity index is 637. The van der Waals surface area contributed by atoms with E-state index in [1.54, 1.807) is 11.9 Å². The van der Waals surface area contributed by atoms with Crippen LogP contribution in [-0.4, -0.2) is 34.9 Å². The van der Waals surface area contributed by atoms with Crippen molar-refractivity contribution in [3.63, 3.8) is 0 Å². The van der Waals surface area contributed by atoms with Crippen LogP contribution in [0.15, 0.2) is 36.0 Å². The zero-order valence-corrected chi connectivity index (χ0v) is 13.5. The summed E-state index contributed by atoms with van der Waals surface area (Å²) in [4.78, 5) is 16.4. The van der Waals surface area contributed by atoms with E-state index in [1.165, 1.54) is 11.1 Å². The highest BCUT2D eigenvalue weighted by Crippen LogP contribution is 2.48. The molecule has 0 radical (unpaired) electrons. The molecule has 2 aliphatic rings. The van der Waals surface area contributed by atoms with Crippen molar-refractivity contribution < 1.29 is 4.79 Å². The molecule has 4 heteroatoms. The number of benzene rings is 1. The van der Waals surface area contributed by atoms with Gasteiger partial charge in [0.2, 0.25) is 5.91 Å². The lowest BCUT2D eigenvalue weighted by Gasteiger charge is -2.48. The number of fused-ring (bicyclic) bond motifs is 1. The molecule has 1 fully saturated rings. The van der Waals surface area contributed by atoms with Crippen molar-refractivity contribution in [2.75, 3.05) is 14.1 Å². The van der Waals surface area contributed by atoms with Crippen molar-refractivity contribution in [3.05, 3.63) is 41.6 Å². The predicted molar refractivity (Wildman–Crippen MR) is 88.5 cm³/mol. The van der Waals surface area contributed by atoms with Gasteiger partial charge in [-0.25, -0.2) is 0 Å². The van der Waals surface area contributed by atoms with Crippen molar-refractivity contribution in [2.45, 2.75) is 26.2 Å². The molecule has 1 aliphatic carbocycles. The summed E-state index contributed by atoms with van der Waals surface area (Å²) >= 11 is 5.45. The highest BCUT2D eigenvalue weighted by atomic mass is 32.1. The molecule has 1 aromatic rings. The average molecular weight is 300 g/mol. The zero-order chi connectivity index (χ0) is 15.2. The Balaban J connectivity index is 2.23. The minimum absolute atomic E-state index is 0.119. The minimum Gasteiger partial charge on any atom is -0.324 e. The Labute approximate surface area is 131 Å². The molecule has 0 N–H and O–H groups in total. The summed E-state index contributed by atoms with van der Waals surface area (Å²) in [5.74, 6) is 0.119. The monoisotopic (exact) mass is 300 g/mol. The van der Waals surface area contributed by atoms with Gasteiger partial charge in [-0.1, -0.05) is 30.3 Å². The Morgan fingerprint density at radius 1 is 1.14 bits per heavy atom. The first-order valence-electron chi connectivity index (χ1n) is 7.31. The summed E-state index contributed by atoms with van der Waals surface area (Å²) in [6.45, 7) is 2.06. The Morgan fingerprint density at radius 3 is 2.48 bits per heavy atom. The third kappa shape index (κ3) is 2.01. The van der Waals surface area contributed by atoms with E-state index in [9.17, 15) is 4.79 Å². The van der Waals surface area contributed by atoms with Crippen LogP contribution in [0.25, 0.3) is 5.57 Å². The van der Waals surface area contributed by atoms with Crippen LogP contribution in [0.2, 0.25) is 0 Å². The van der Waals surface area contributed by atoms with Crippen LogP contribution in [0.1, 0.15) is 31.7 Å². The van der Waals surface area contributed by atoms with Gasteiger partial charge in [0.1, 0.15) is 0 Å². The predicted octanol–water partition coefficient (Wildman–Crippen LogP) is 3.28. The Kier molecular flexibility index (Phi) is 3.36. The number of carbonyl (C=O) groups excluding carboxylic acids is 1. The van der Waals surface area contributed by atoms with Crippen LogP contribution in [0.4, 0.5) is 0 Å². The minimum atomic E-state index is -0.463. The fraction of sp³-hybridized carbons (Fsp3) is 0.412. The van der Waals surface area contributed by atoms with Crippen LogP contribution < -0.4 is 0 Å². The second-order valence-electron chi connectivity index (χ2n) is 6.08. The van der Waals surface area contributed by atoms with Gasteiger partial charge < -0.3 is 4.90 Å². The molecular weight excluding hydrogens is 280 g/mol. The van der Waals surface area contributed by atoms with Gasteiger partial charge in [0.25, 0.3) is 0 Å². The molecule has 21 heavy (non-hydrogen) atoms. The second-order valence-corrected chi connectivity index (χ2v) is 6.45. The van der Waals surface area contributed by atoms with Gasteiger partial charge in [0, 0.05) is 19.8 Å². The van der Waals surface area contributed by atoms with E-state index in [2.05, 4.69) is 19.1 Å². The van der Waals surface area contributed by atoms with E-state index >= 15 is 0 Å². The molecule has 1 atom stereocenters. The lowest BCUT2D eigenvalue weighted by atomic mass is 9.71. The third-order valence-electron chi connectivity index (χ3n) is 4.72. The summed E-state index contributed by atoms with van der Waals surface area (Å²) < 4.78 is 0. The summed E-state index contributed by atoms with van der Waals surface area (Å²) in [7, 11) is 3.76. The van der Waals surface area contributed by atoms with Gasteiger partial charge >= 0.3 is 0 Å². The molecule has 0 aromatic heterocycles. The molecule has 3 rings (SSSR count). The molecule has 0 spiro atoms. The Morgan fingerprint density at radius 2 is 1.81 bits per heavy atom. The first-order valence-corrected chi connectivity index (χ1v) is 7.72. The molecule has 0 saturated carbocycles. The molecule has 1 heterocycles. The molecule has 1 saturated heterocycles. The Hall–Kier alpha value is -1.68. The van der Waals surface area contributed by atoms with Gasteiger partial charge in [-0.05, 0) is 49.5 Å². The molecule has 3 nitrogen and oxygen atoms in total. The zero-order valence-electron chi connectivity index (χ0n) is 12.7. The van der Waals surface area contributed by atoms with Crippen molar-refractivity contribution in [3.8, 4) is 0 Å². The van der Waals surface area contributed by atoms with Gasteiger partial charge in [-0.2, -0.15) is 0 Å². The SMILES string of the molecule is CN1C(=O)C2(C)CCCC(c3ccccc3)=C2N(C)C1=S. The topological polar surface area (TPSA) is 23.6 Å². The van der Waals surface area contributed by atoms with Crippen molar-refractivity contribution in [1.82, 2.24) is 9.80 Å². The summed E-state index contributed by atoms with van der Waals surface area (Å²) in [5, 5.41) is 0.586. The van der Waals surface area contributed by atoms with Crippen LogP contribution in [-0.2, 0) is 4.79 Å². The maximum Gasteiger partial charge on any atom is 0.240 e. The second kappa shape index (κ2) is 4.95. The van der Waals surface area contributed by atoms with E-state index in [-0.39, 0.29) is 5.91 Å². The fourth-order valence-electron chi connectivity index (χ4n) is 3.67.